The molecule has 0 radical (unpaired) electrons. The molecule has 0 bridgehead atoms. The molecule has 3 fully saturated rings. The minimum atomic E-state index is -1.54. The summed E-state index contributed by atoms with van der Waals surface area (Å²) in [5, 5.41) is 23.0. The van der Waals surface area contributed by atoms with E-state index >= 15 is 0 Å². The number of Topliss-reactive ketones (excluding diaryl/α,β-unsaturated/α-hetero) is 1. The number of rotatable bonds is 10. The molecular formula is C47H72N6O12. The number of likely N-dealkylation sites (N-methyl/N-ethyl adjacent to an activating group) is 1. The number of aliphatic hydroxyl groups excluding tert-OH is 1. The van der Waals surface area contributed by atoms with Crippen LogP contribution < -0.4 is 26.0 Å². The Kier molecular flexibility index (Phi) is 19.3. The van der Waals surface area contributed by atoms with Crippen LogP contribution >= 0.6 is 0 Å². The van der Waals surface area contributed by atoms with Gasteiger partial charge in [0.2, 0.25) is 29.5 Å². The number of benzene rings is 1. The van der Waals surface area contributed by atoms with Crippen molar-refractivity contribution in [2.45, 2.75) is 161 Å². The Morgan fingerprint density at radius 3 is 2.18 bits per heavy atom. The number of cyclic esters (lactones) is 2. The van der Waals surface area contributed by atoms with Crippen molar-refractivity contribution in [2.24, 2.45) is 23.7 Å². The molecule has 65 heavy (non-hydrogen) atoms. The van der Waals surface area contributed by atoms with Gasteiger partial charge in [-0.15, -0.1) is 0 Å². The molecule has 1 aromatic carbocycles. The van der Waals surface area contributed by atoms with Gasteiger partial charge < -0.3 is 50.4 Å². The van der Waals surface area contributed by atoms with Crippen LogP contribution in [0.15, 0.2) is 24.3 Å². The van der Waals surface area contributed by atoms with Crippen molar-refractivity contribution in [3.8, 4) is 5.75 Å². The quantitative estimate of drug-likeness (QED) is 0.167. The highest BCUT2D eigenvalue weighted by Crippen LogP contribution is 2.26. The number of hydrogen-bond acceptors (Lipinski definition) is 13. The van der Waals surface area contributed by atoms with E-state index in [0.717, 1.165) is 6.42 Å². The number of nitrogens with one attached hydrogen (secondary N) is 4. The lowest BCUT2D eigenvalue weighted by molar-refractivity contribution is -0.163. The monoisotopic (exact) mass is 913 g/mol. The summed E-state index contributed by atoms with van der Waals surface area (Å²) in [6, 6.07) is 0.243. The Hall–Kier alpha value is -5.10. The molecule has 5 N–H and O–H groups in total. The predicted octanol–water partition coefficient (Wildman–Crippen LogP) is 1.82. The van der Waals surface area contributed by atoms with Gasteiger partial charge >= 0.3 is 11.9 Å². The van der Waals surface area contributed by atoms with Crippen LogP contribution in [0.3, 0.4) is 0 Å². The third-order valence-electron chi connectivity index (χ3n) is 12.9. The molecule has 18 nitrogen and oxygen atoms in total. The summed E-state index contributed by atoms with van der Waals surface area (Å²) in [5.41, 5.74) is 0.638. The summed E-state index contributed by atoms with van der Waals surface area (Å²) in [4.78, 5) is 116. The molecule has 3 aliphatic heterocycles. The first-order valence-electron chi connectivity index (χ1n) is 23.1. The zero-order valence-corrected chi connectivity index (χ0v) is 39.7. The summed E-state index contributed by atoms with van der Waals surface area (Å²) in [5.74, 6) is -7.66. The highest BCUT2D eigenvalue weighted by molar-refractivity contribution is 6.05. The third kappa shape index (κ3) is 13.7. The molecule has 1 aromatic rings. The fraction of sp³-hybridized carbons (Fsp3) is 0.702. The standard InChI is InChI=1S/C47H72N6O12/c1-11-27(6)38-36(54)24-37(55)65-41(26(4)5)40(56)28(7)42(57)49-33(22-25(2)3)45(60)53-21-13-15-34(53)46(61)52(9)35(23-30-16-18-31(63-10)19-17-30)47(62)64-29(8)39(44(59)50-38)51-43(58)32-14-12-20-48-32/h16-19,25-29,32-36,38-39,41,48,54H,11-15,20-24H2,1-10H3,(H,49,57)(H,50,59)(H,51,58)/t27-,28-,29-,32+,33+,34-,35-,36+,38+,39-,41+/m0/s1. The Morgan fingerprint density at radius 1 is 0.923 bits per heavy atom. The van der Waals surface area contributed by atoms with E-state index < -0.39 is 126 Å². The van der Waals surface area contributed by atoms with Gasteiger partial charge in [-0.2, -0.15) is 0 Å². The molecule has 3 aliphatic rings. The molecule has 3 saturated heterocycles. The molecule has 18 heteroatoms. The van der Waals surface area contributed by atoms with Crippen molar-refractivity contribution in [1.29, 1.82) is 0 Å². The van der Waals surface area contributed by atoms with Crippen molar-refractivity contribution in [1.82, 2.24) is 31.1 Å². The maximum Gasteiger partial charge on any atom is 0.329 e. The first-order chi connectivity index (χ1) is 30.7. The normalized spacial score (nSPS) is 30.1. The van der Waals surface area contributed by atoms with E-state index in [1.165, 1.54) is 37.8 Å². The summed E-state index contributed by atoms with van der Waals surface area (Å²) in [6.45, 7) is 14.2. The minimum Gasteiger partial charge on any atom is -0.497 e. The van der Waals surface area contributed by atoms with Crippen LogP contribution in [-0.2, 0) is 54.3 Å². The van der Waals surface area contributed by atoms with Crippen molar-refractivity contribution in [3.05, 3.63) is 29.8 Å². The lowest BCUT2D eigenvalue weighted by atomic mass is 9.91. The van der Waals surface area contributed by atoms with Crippen molar-refractivity contribution in [2.75, 3.05) is 27.2 Å². The second-order valence-corrected chi connectivity index (χ2v) is 18.6. The lowest BCUT2D eigenvalue weighted by Gasteiger charge is -2.35. The van der Waals surface area contributed by atoms with Gasteiger partial charge in [-0.1, -0.05) is 60.1 Å². The van der Waals surface area contributed by atoms with Gasteiger partial charge in [0.25, 0.3) is 0 Å². The molecular weight excluding hydrogens is 841 g/mol. The van der Waals surface area contributed by atoms with Crippen molar-refractivity contribution >= 4 is 47.3 Å². The number of carbonyl (C=O) groups excluding carboxylic acids is 8. The number of ether oxygens (including phenoxy) is 3. The molecule has 362 valence electrons. The fourth-order valence-corrected chi connectivity index (χ4v) is 8.63. The maximum absolute atomic E-state index is 14.6. The van der Waals surface area contributed by atoms with Crippen LogP contribution in [0.25, 0.3) is 0 Å². The summed E-state index contributed by atoms with van der Waals surface area (Å²) < 4.78 is 17.0. The Bertz CT molecular complexity index is 1850. The van der Waals surface area contributed by atoms with Gasteiger partial charge in [0.05, 0.1) is 37.6 Å². The molecule has 0 spiro atoms. The van der Waals surface area contributed by atoms with E-state index in [9.17, 15) is 43.5 Å². The van der Waals surface area contributed by atoms with E-state index in [2.05, 4.69) is 21.3 Å². The summed E-state index contributed by atoms with van der Waals surface area (Å²) >= 11 is 0. The molecule has 3 heterocycles. The largest absolute Gasteiger partial charge is 0.497 e. The second-order valence-electron chi connectivity index (χ2n) is 18.6. The minimum absolute atomic E-state index is 0.0403. The number of fused-ring (bicyclic) bond motifs is 1. The van der Waals surface area contributed by atoms with Crippen LogP contribution in [0.5, 0.6) is 5.75 Å². The van der Waals surface area contributed by atoms with Crippen LogP contribution in [0, 0.1) is 23.7 Å². The number of hydrogen-bond donors (Lipinski definition) is 5. The second kappa shape index (κ2) is 23.9. The number of carbonyl (C=O) groups is 8. The average molecular weight is 913 g/mol. The Morgan fingerprint density at radius 2 is 1.60 bits per heavy atom. The number of esters is 2. The first-order valence-corrected chi connectivity index (χ1v) is 23.1. The van der Waals surface area contributed by atoms with E-state index in [1.54, 1.807) is 45.0 Å². The van der Waals surface area contributed by atoms with Crippen LogP contribution in [0.1, 0.15) is 106 Å². The third-order valence-corrected chi connectivity index (χ3v) is 12.9. The molecule has 0 aliphatic carbocycles. The predicted molar refractivity (Wildman–Crippen MR) is 239 cm³/mol. The number of aliphatic hydroxyl groups is 1. The maximum atomic E-state index is 14.6. The Labute approximate surface area is 383 Å². The molecule has 11 atom stereocenters. The van der Waals surface area contributed by atoms with Gasteiger partial charge in [-0.3, -0.25) is 33.6 Å². The molecule has 4 rings (SSSR count). The zero-order valence-electron chi connectivity index (χ0n) is 39.7. The molecule has 0 aromatic heterocycles. The molecule has 0 saturated carbocycles. The Balaban J connectivity index is 1.82. The topological polar surface area (TPSA) is 239 Å². The molecule has 0 unspecified atom stereocenters. The smallest absolute Gasteiger partial charge is 0.329 e. The van der Waals surface area contributed by atoms with E-state index in [4.69, 9.17) is 14.2 Å². The van der Waals surface area contributed by atoms with E-state index in [1.807, 2.05) is 20.8 Å². The van der Waals surface area contributed by atoms with Gasteiger partial charge in [0.1, 0.15) is 36.0 Å². The number of amides is 5. The molecule has 5 amide bonds. The first kappa shape index (κ1) is 52.5. The van der Waals surface area contributed by atoms with Crippen molar-refractivity contribution < 1.29 is 57.7 Å². The summed E-state index contributed by atoms with van der Waals surface area (Å²) in [6.07, 6.45) is -2.38. The lowest BCUT2D eigenvalue weighted by Crippen LogP contribution is -2.61. The van der Waals surface area contributed by atoms with Gasteiger partial charge in [-0.25, -0.2) is 4.79 Å². The summed E-state index contributed by atoms with van der Waals surface area (Å²) in [7, 11) is 2.96. The van der Waals surface area contributed by atoms with Gasteiger partial charge in [0, 0.05) is 20.0 Å². The number of methoxy groups -OCH3 is 1. The highest BCUT2D eigenvalue weighted by Gasteiger charge is 2.44. The van der Waals surface area contributed by atoms with E-state index in [-0.39, 0.29) is 31.7 Å². The fourth-order valence-electron chi connectivity index (χ4n) is 8.63. The van der Waals surface area contributed by atoms with Crippen molar-refractivity contribution in [3.63, 3.8) is 0 Å². The highest BCUT2D eigenvalue weighted by atomic mass is 16.6. The average Bonchev–Trinajstić information content (AvgIpc) is 4.00. The van der Waals surface area contributed by atoms with Crippen LogP contribution in [0.2, 0.25) is 0 Å². The van der Waals surface area contributed by atoms with Crippen LogP contribution in [0.4, 0.5) is 0 Å². The SMILES string of the molecule is CC[C@H](C)[C@H]1NC(=O)[C@@H](NC(=O)[C@H]2CCCN2)[C@H](C)OC(=O)[C@H](Cc2ccc(OC)cc2)N(C)C(=O)[C@@H]2CCCN2C(=O)[C@@H](CC(C)C)NC(=O)[C@@H](C)C(=O)[C@@H](C(C)C)OC(=O)C[C@H]1O. The van der Waals surface area contributed by atoms with E-state index in [0.29, 0.717) is 37.1 Å². The van der Waals surface area contributed by atoms with Gasteiger partial charge in [-0.05, 0) is 87.9 Å². The number of nitrogens with zero attached hydrogens (tertiary/aromatic N) is 2. The number of ketones is 1. The van der Waals surface area contributed by atoms with Crippen LogP contribution in [-0.4, -0.2) is 144 Å². The zero-order chi connectivity index (χ0) is 48.3. The van der Waals surface area contributed by atoms with Gasteiger partial charge in [0.15, 0.2) is 11.9 Å².